The molecule has 1 N–H and O–H groups in total. The summed E-state index contributed by atoms with van der Waals surface area (Å²) < 4.78 is 45.2. The molecule has 2 rings (SSSR count). The first-order valence-corrected chi connectivity index (χ1v) is 6.07. The highest BCUT2D eigenvalue weighted by atomic mass is 19.2. The van der Waals surface area contributed by atoms with Gasteiger partial charge < -0.3 is 9.84 Å². The monoisotopic (exact) mass is 292 g/mol. The molecule has 0 aliphatic rings. The number of aliphatic hydroxyl groups is 1. The highest BCUT2D eigenvalue weighted by Crippen LogP contribution is 2.21. The van der Waals surface area contributed by atoms with Crippen LogP contribution in [0.1, 0.15) is 11.1 Å². The predicted molar refractivity (Wildman–Crippen MR) is 71.1 cm³/mol. The molecule has 5 heteroatoms. The second kappa shape index (κ2) is 6.82. The van der Waals surface area contributed by atoms with Crippen molar-refractivity contribution in [1.82, 2.24) is 0 Å². The van der Waals surface area contributed by atoms with Crippen molar-refractivity contribution in [3.63, 3.8) is 0 Å². The van der Waals surface area contributed by atoms with E-state index in [1.54, 1.807) is 0 Å². The fourth-order valence-corrected chi connectivity index (χ4v) is 1.65. The van der Waals surface area contributed by atoms with Crippen molar-refractivity contribution in [2.45, 2.75) is 6.61 Å². The average Bonchev–Trinajstić information content (AvgIpc) is 2.49. The van der Waals surface area contributed by atoms with Crippen LogP contribution in [0.2, 0.25) is 0 Å². The van der Waals surface area contributed by atoms with Crippen LogP contribution in [0.5, 0.6) is 5.75 Å². The number of benzene rings is 2. The zero-order chi connectivity index (χ0) is 15.2. The summed E-state index contributed by atoms with van der Waals surface area (Å²) in [6.07, 6.45) is 0. The summed E-state index contributed by atoms with van der Waals surface area (Å²) in [6, 6.07) is 7.59. The van der Waals surface area contributed by atoms with Crippen LogP contribution in [0.15, 0.2) is 36.4 Å². The molecule has 0 atom stereocenters. The summed E-state index contributed by atoms with van der Waals surface area (Å²) in [5.74, 6) is 2.25. The zero-order valence-electron chi connectivity index (χ0n) is 10.9. The Balaban J connectivity index is 2.17. The molecule has 0 saturated carbocycles. The van der Waals surface area contributed by atoms with Gasteiger partial charge in [0.05, 0.1) is 0 Å². The van der Waals surface area contributed by atoms with E-state index in [-0.39, 0.29) is 24.5 Å². The maximum absolute atomic E-state index is 13.6. The molecule has 0 aromatic heterocycles. The molecule has 0 unspecified atom stereocenters. The second-order valence-corrected chi connectivity index (χ2v) is 4.11. The summed E-state index contributed by atoms with van der Waals surface area (Å²) in [7, 11) is 0. The first-order chi connectivity index (χ1) is 10.1. The van der Waals surface area contributed by atoms with E-state index >= 15 is 0 Å². The maximum atomic E-state index is 13.6. The van der Waals surface area contributed by atoms with Gasteiger partial charge in [-0.1, -0.05) is 24.0 Å². The highest BCUT2D eigenvalue weighted by molar-refractivity contribution is 5.40. The molecular formula is C16H11F3O2. The SMILES string of the molecule is OCC#Cc1ccc(F)c(OCc2cccc(F)c2F)c1. The highest BCUT2D eigenvalue weighted by Gasteiger charge is 2.10. The molecule has 0 bridgehead atoms. The summed E-state index contributed by atoms with van der Waals surface area (Å²) in [4.78, 5) is 0. The molecule has 0 aliphatic carbocycles. The van der Waals surface area contributed by atoms with Gasteiger partial charge in [0.1, 0.15) is 13.2 Å². The molecule has 2 nitrogen and oxygen atoms in total. The quantitative estimate of drug-likeness (QED) is 0.881. The van der Waals surface area contributed by atoms with E-state index in [1.807, 2.05) is 0 Å². The molecule has 0 radical (unpaired) electrons. The number of aliphatic hydroxyl groups excluding tert-OH is 1. The molecule has 0 heterocycles. The molecule has 0 fully saturated rings. The van der Waals surface area contributed by atoms with Crippen molar-refractivity contribution in [3.8, 4) is 17.6 Å². The minimum absolute atomic E-state index is 0.0127. The van der Waals surface area contributed by atoms with Crippen molar-refractivity contribution >= 4 is 0 Å². The summed E-state index contributed by atoms with van der Waals surface area (Å²) >= 11 is 0. The van der Waals surface area contributed by atoms with Crippen molar-refractivity contribution in [3.05, 3.63) is 65.0 Å². The first kappa shape index (κ1) is 14.9. The van der Waals surface area contributed by atoms with Crippen LogP contribution in [0, 0.1) is 29.3 Å². The number of halogens is 3. The van der Waals surface area contributed by atoms with E-state index in [9.17, 15) is 13.2 Å². The minimum atomic E-state index is -1.02. The van der Waals surface area contributed by atoms with Crippen LogP contribution < -0.4 is 4.74 Å². The standard InChI is InChI=1S/C16H11F3O2/c17-13-7-6-11(3-2-8-20)9-15(13)21-10-12-4-1-5-14(18)16(12)19/h1,4-7,9,20H,8,10H2. The van der Waals surface area contributed by atoms with E-state index in [2.05, 4.69) is 11.8 Å². The van der Waals surface area contributed by atoms with Crippen molar-refractivity contribution in [1.29, 1.82) is 0 Å². The molecule has 108 valence electrons. The zero-order valence-corrected chi connectivity index (χ0v) is 10.9. The van der Waals surface area contributed by atoms with Gasteiger partial charge in [0.15, 0.2) is 23.2 Å². The van der Waals surface area contributed by atoms with E-state index in [1.165, 1.54) is 24.3 Å². The molecule has 0 saturated heterocycles. The van der Waals surface area contributed by atoms with E-state index in [0.717, 1.165) is 12.1 Å². The van der Waals surface area contributed by atoms with Crippen LogP contribution >= 0.6 is 0 Å². The molecule has 21 heavy (non-hydrogen) atoms. The largest absolute Gasteiger partial charge is 0.486 e. The fourth-order valence-electron chi connectivity index (χ4n) is 1.65. The predicted octanol–water partition coefficient (Wildman–Crippen LogP) is 3.03. The van der Waals surface area contributed by atoms with Crippen LogP contribution in [-0.4, -0.2) is 11.7 Å². The van der Waals surface area contributed by atoms with E-state index in [4.69, 9.17) is 9.84 Å². The van der Waals surface area contributed by atoms with Crippen LogP contribution in [-0.2, 0) is 6.61 Å². The Bertz CT molecular complexity index is 702. The Morgan fingerprint density at radius 1 is 1.05 bits per heavy atom. The summed E-state index contributed by atoms with van der Waals surface area (Å²) in [6.45, 7) is -0.626. The van der Waals surface area contributed by atoms with E-state index in [0.29, 0.717) is 5.56 Å². The third-order valence-electron chi connectivity index (χ3n) is 2.66. The molecule has 0 spiro atoms. The lowest BCUT2D eigenvalue weighted by Crippen LogP contribution is -2.02. The van der Waals surface area contributed by atoms with Crippen LogP contribution in [0.4, 0.5) is 13.2 Å². The Kier molecular flexibility index (Phi) is 4.85. The summed E-state index contributed by atoms with van der Waals surface area (Å²) in [5.41, 5.74) is 0.432. The normalized spacial score (nSPS) is 9.90. The van der Waals surface area contributed by atoms with Gasteiger partial charge in [-0.2, -0.15) is 0 Å². The molecule has 0 aliphatic heterocycles. The van der Waals surface area contributed by atoms with Crippen molar-refractivity contribution in [2.75, 3.05) is 6.61 Å². The number of ether oxygens (including phenoxy) is 1. The molecule has 2 aromatic rings. The number of rotatable bonds is 3. The Morgan fingerprint density at radius 2 is 1.86 bits per heavy atom. The topological polar surface area (TPSA) is 29.5 Å². The lowest BCUT2D eigenvalue weighted by Gasteiger charge is -2.08. The van der Waals surface area contributed by atoms with Crippen molar-refractivity contribution in [2.24, 2.45) is 0 Å². The van der Waals surface area contributed by atoms with Crippen LogP contribution in [0.3, 0.4) is 0 Å². The van der Waals surface area contributed by atoms with Crippen LogP contribution in [0.25, 0.3) is 0 Å². The Labute approximate surface area is 119 Å². The van der Waals surface area contributed by atoms with E-state index < -0.39 is 17.5 Å². The minimum Gasteiger partial charge on any atom is -0.486 e. The molecule has 0 amide bonds. The van der Waals surface area contributed by atoms with Gasteiger partial charge in [0.2, 0.25) is 0 Å². The molecular weight excluding hydrogens is 281 g/mol. The van der Waals surface area contributed by atoms with Gasteiger partial charge in [-0.05, 0) is 24.3 Å². The average molecular weight is 292 g/mol. The van der Waals surface area contributed by atoms with Gasteiger partial charge in [0, 0.05) is 11.1 Å². The molecule has 2 aromatic carbocycles. The summed E-state index contributed by atoms with van der Waals surface area (Å²) in [5, 5.41) is 8.60. The Morgan fingerprint density at radius 3 is 2.62 bits per heavy atom. The van der Waals surface area contributed by atoms with Crippen molar-refractivity contribution < 1.29 is 23.0 Å². The maximum Gasteiger partial charge on any atom is 0.165 e. The number of hydrogen-bond donors (Lipinski definition) is 1. The van der Waals surface area contributed by atoms with Gasteiger partial charge in [-0.15, -0.1) is 0 Å². The number of hydrogen-bond acceptors (Lipinski definition) is 2. The van der Waals surface area contributed by atoms with Gasteiger partial charge in [0.25, 0.3) is 0 Å². The fraction of sp³-hybridized carbons (Fsp3) is 0.125. The lowest BCUT2D eigenvalue weighted by molar-refractivity contribution is 0.282. The smallest absolute Gasteiger partial charge is 0.165 e. The third-order valence-corrected chi connectivity index (χ3v) is 2.66. The Hall–Kier alpha value is -2.45. The van der Waals surface area contributed by atoms with Gasteiger partial charge >= 0.3 is 0 Å². The van der Waals surface area contributed by atoms with Gasteiger partial charge in [-0.25, -0.2) is 13.2 Å². The third kappa shape index (κ3) is 3.77. The first-order valence-electron chi connectivity index (χ1n) is 6.07. The van der Waals surface area contributed by atoms with Gasteiger partial charge in [-0.3, -0.25) is 0 Å². The lowest BCUT2D eigenvalue weighted by atomic mass is 10.2. The second-order valence-electron chi connectivity index (χ2n) is 4.11.